The second-order valence-corrected chi connectivity index (χ2v) is 8.33. The van der Waals surface area contributed by atoms with Gasteiger partial charge in [-0.05, 0) is 43.0 Å². The molecule has 0 bridgehead atoms. The first-order valence-corrected chi connectivity index (χ1v) is 9.89. The van der Waals surface area contributed by atoms with Crippen LogP contribution in [0.3, 0.4) is 0 Å². The highest BCUT2D eigenvalue weighted by Crippen LogP contribution is 2.23. The summed E-state index contributed by atoms with van der Waals surface area (Å²) in [7, 11) is -3.58. The number of nitrogens with zero attached hydrogens (tertiary/aromatic N) is 3. The number of piperazine rings is 1. The van der Waals surface area contributed by atoms with Crippen LogP contribution in [0, 0.1) is 17.2 Å². The van der Waals surface area contributed by atoms with Gasteiger partial charge < -0.3 is 4.90 Å². The van der Waals surface area contributed by atoms with E-state index in [2.05, 4.69) is 12.2 Å². The van der Waals surface area contributed by atoms with Gasteiger partial charge >= 0.3 is 0 Å². The van der Waals surface area contributed by atoms with Gasteiger partial charge in [0.25, 0.3) is 0 Å². The van der Waals surface area contributed by atoms with Crippen molar-refractivity contribution in [2.75, 3.05) is 26.2 Å². The maximum atomic E-state index is 12.7. The molecule has 1 aliphatic carbocycles. The van der Waals surface area contributed by atoms with Gasteiger partial charge in [-0.1, -0.05) is 12.2 Å². The lowest BCUT2D eigenvalue weighted by Crippen LogP contribution is -2.50. The molecule has 1 fully saturated rings. The SMILES string of the molecule is N#Cc1ccc(S(=O)(=O)N2CCN(C(=O)C[C@H]3C=CCC3)CC2)cc1. The van der Waals surface area contributed by atoms with Gasteiger partial charge in [-0.15, -0.1) is 0 Å². The van der Waals surface area contributed by atoms with Gasteiger partial charge in [-0.3, -0.25) is 4.79 Å². The van der Waals surface area contributed by atoms with Crippen LogP contribution >= 0.6 is 0 Å². The Morgan fingerprint density at radius 3 is 2.40 bits per heavy atom. The lowest BCUT2D eigenvalue weighted by molar-refractivity contribution is -0.133. The summed E-state index contributed by atoms with van der Waals surface area (Å²) < 4.78 is 26.8. The summed E-state index contributed by atoms with van der Waals surface area (Å²) in [6.07, 6.45) is 6.79. The molecule has 0 aromatic heterocycles. The zero-order chi connectivity index (χ0) is 17.9. The summed E-state index contributed by atoms with van der Waals surface area (Å²) in [5, 5.41) is 8.81. The molecule has 0 N–H and O–H groups in total. The summed E-state index contributed by atoms with van der Waals surface area (Å²) in [4.78, 5) is 14.3. The number of sulfonamides is 1. The minimum Gasteiger partial charge on any atom is -0.340 e. The van der Waals surface area contributed by atoms with Crippen LogP contribution in [-0.2, 0) is 14.8 Å². The Hall–Kier alpha value is -2.17. The van der Waals surface area contributed by atoms with Gasteiger partial charge in [-0.2, -0.15) is 9.57 Å². The third-order valence-electron chi connectivity index (χ3n) is 4.76. The van der Waals surface area contributed by atoms with E-state index in [-0.39, 0.29) is 10.8 Å². The number of amides is 1. The van der Waals surface area contributed by atoms with Gasteiger partial charge in [0.05, 0.1) is 16.5 Å². The van der Waals surface area contributed by atoms with Crippen LogP contribution in [0.1, 0.15) is 24.8 Å². The Bertz CT molecular complexity index is 801. The number of carbonyl (C=O) groups is 1. The summed E-state index contributed by atoms with van der Waals surface area (Å²) in [5.41, 5.74) is 0.426. The smallest absolute Gasteiger partial charge is 0.243 e. The summed E-state index contributed by atoms with van der Waals surface area (Å²) in [6.45, 7) is 1.44. The Labute approximate surface area is 148 Å². The number of hydrogen-bond donors (Lipinski definition) is 0. The molecule has 1 atom stereocenters. The molecule has 3 rings (SSSR count). The zero-order valence-corrected chi connectivity index (χ0v) is 14.8. The predicted molar refractivity (Wildman–Crippen MR) is 93.0 cm³/mol. The van der Waals surface area contributed by atoms with Crippen molar-refractivity contribution in [3.05, 3.63) is 42.0 Å². The molecule has 1 aromatic carbocycles. The van der Waals surface area contributed by atoms with Crippen molar-refractivity contribution in [2.24, 2.45) is 5.92 Å². The molecule has 1 aliphatic heterocycles. The maximum absolute atomic E-state index is 12.7. The zero-order valence-electron chi connectivity index (χ0n) is 14.0. The number of hydrogen-bond acceptors (Lipinski definition) is 4. The van der Waals surface area contributed by atoms with E-state index in [4.69, 9.17) is 5.26 Å². The van der Waals surface area contributed by atoms with Crippen LogP contribution in [0.4, 0.5) is 0 Å². The first kappa shape index (κ1) is 17.6. The van der Waals surface area contributed by atoms with E-state index in [9.17, 15) is 13.2 Å². The third kappa shape index (κ3) is 3.91. The topological polar surface area (TPSA) is 81.5 Å². The standard InChI is InChI=1S/C18H21N3O3S/c19-14-16-5-7-17(8-6-16)25(23,24)21-11-9-20(10-12-21)18(22)13-15-3-1-2-4-15/h1,3,5-8,15H,2,4,9-13H2/t15-/m0/s1. The van der Waals surface area contributed by atoms with Crippen molar-refractivity contribution in [3.8, 4) is 6.07 Å². The quantitative estimate of drug-likeness (QED) is 0.767. The van der Waals surface area contributed by atoms with Gasteiger partial charge in [0.1, 0.15) is 0 Å². The highest BCUT2D eigenvalue weighted by atomic mass is 32.2. The van der Waals surface area contributed by atoms with Gasteiger partial charge in [-0.25, -0.2) is 8.42 Å². The minimum absolute atomic E-state index is 0.104. The molecule has 0 radical (unpaired) electrons. The van der Waals surface area contributed by atoms with Gasteiger partial charge in [0, 0.05) is 32.6 Å². The largest absolute Gasteiger partial charge is 0.340 e. The van der Waals surface area contributed by atoms with Crippen LogP contribution in [0.25, 0.3) is 0 Å². The van der Waals surface area contributed by atoms with E-state index < -0.39 is 10.0 Å². The average molecular weight is 359 g/mol. The molecule has 132 valence electrons. The average Bonchev–Trinajstić information content (AvgIpc) is 3.15. The second-order valence-electron chi connectivity index (χ2n) is 6.39. The first-order chi connectivity index (χ1) is 12.0. The second kappa shape index (κ2) is 7.38. The van der Waals surface area contributed by atoms with Crippen LogP contribution in [-0.4, -0.2) is 49.7 Å². The van der Waals surface area contributed by atoms with Crippen molar-refractivity contribution in [2.45, 2.75) is 24.2 Å². The van der Waals surface area contributed by atoms with E-state index in [0.29, 0.717) is 44.1 Å². The van der Waals surface area contributed by atoms with Crippen LogP contribution in [0.15, 0.2) is 41.3 Å². The summed E-state index contributed by atoms with van der Waals surface area (Å²) in [6, 6.07) is 7.89. The fourth-order valence-electron chi connectivity index (χ4n) is 3.25. The van der Waals surface area contributed by atoms with E-state index in [1.54, 1.807) is 4.90 Å². The fourth-order valence-corrected chi connectivity index (χ4v) is 4.67. The van der Waals surface area contributed by atoms with Crippen LogP contribution in [0.2, 0.25) is 0 Å². The molecule has 2 aliphatic rings. The minimum atomic E-state index is -3.58. The lowest BCUT2D eigenvalue weighted by Gasteiger charge is -2.34. The molecule has 25 heavy (non-hydrogen) atoms. The molecular formula is C18H21N3O3S. The number of nitriles is 1. The van der Waals surface area contributed by atoms with Crippen molar-refractivity contribution < 1.29 is 13.2 Å². The summed E-state index contributed by atoms with van der Waals surface area (Å²) in [5.74, 6) is 0.430. The Morgan fingerprint density at radius 1 is 1.16 bits per heavy atom. The highest BCUT2D eigenvalue weighted by molar-refractivity contribution is 7.89. The number of rotatable bonds is 4. The molecule has 6 nitrogen and oxygen atoms in total. The lowest BCUT2D eigenvalue weighted by atomic mass is 10.0. The molecular weight excluding hydrogens is 338 g/mol. The normalized spacial score (nSPS) is 21.2. The predicted octanol–water partition coefficient (Wildman–Crippen LogP) is 1.75. The first-order valence-electron chi connectivity index (χ1n) is 8.45. The molecule has 0 saturated carbocycles. The van der Waals surface area contributed by atoms with Gasteiger partial charge in [0.2, 0.25) is 15.9 Å². The highest BCUT2D eigenvalue weighted by Gasteiger charge is 2.30. The molecule has 1 aromatic rings. The van der Waals surface area contributed by atoms with Crippen molar-refractivity contribution in [3.63, 3.8) is 0 Å². The third-order valence-corrected chi connectivity index (χ3v) is 6.67. The molecule has 1 heterocycles. The Balaban J connectivity index is 1.59. The summed E-state index contributed by atoms with van der Waals surface area (Å²) >= 11 is 0. The van der Waals surface area contributed by atoms with Crippen LogP contribution < -0.4 is 0 Å². The van der Waals surface area contributed by atoms with E-state index >= 15 is 0 Å². The molecule has 7 heteroatoms. The van der Waals surface area contributed by atoms with Crippen LogP contribution in [0.5, 0.6) is 0 Å². The van der Waals surface area contributed by atoms with Crippen molar-refractivity contribution >= 4 is 15.9 Å². The Kier molecular flexibility index (Phi) is 5.21. The number of carbonyl (C=O) groups excluding carboxylic acids is 1. The molecule has 0 unspecified atom stereocenters. The number of benzene rings is 1. The van der Waals surface area contributed by atoms with E-state index in [1.807, 2.05) is 6.07 Å². The maximum Gasteiger partial charge on any atom is 0.243 e. The van der Waals surface area contributed by atoms with Crippen molar-refractivity contribution in [1.82, 2.24) is 9.21 Å². The molecule has 1 saturated heterocycles. The number of allylic oxidation sites excluding steroid dienone is 2. The fraction of sp³-hybridized carbons (Fsp3) is 0.444. The van der Waals surface area contributed by atoms with Gasteiger partial charge in [0.15, 0.2) is 0 Å². The van der Waals surface area contributed by atoms with E-state index in [1.165, 1.54) is 28.6 Å². The van der Waals surface area contributed by atoms with E-state index in [0.717, 1.165) is 12.8 Å². The molecule has 0 spiro atoms. The Morgan fingerprint density at radius 2 is 1.84 bits per heavy atom. The molecule has 1 amide bonds. The van der Waals surface area contributed by atoms with Crippen molar-refractivity contribution in [1.29, 1.82) is 5.26 Å². The monoisotopic (exact) mass is 359 g/mol.